The van der Waals surface area contributed by atoms with E-state index in [1.165, 1.54) is 23.7 Å². The van der Waals surface area contributed by atoms with Crippen LogP contribution in [-0.2, 0) is 7.05 Å². The number of carbonyl (C=O) groups excluding carboxylic acids is 1. The lowest BCUT2D eigenvalue weighted by Gasteiger charge is -2.23. The largest absolute Gasteiger partial charge is 0.358 e. The van der Waals surface area contributed by atoms with Gasteiger partial charge in [-0.05, 0) is 22.8 Å². The Kier molecular flexibility index (Phi) is 5.11. The van der Waals surface area contributed by atoms with Crippen LogP contribution in [0.5, 0.6) is 0 Å². The number of carbonyl (C=O) groups is 1. The molecule has 19 heavy (non-hydrogen) atoms. The Morgan fingerprint density at radius 3 is 2.63 bits per heavy atom. The molecule has 0 bridgehead atoms. The van der Waals surface area contributed by atoms with Crippen molar-refractivity contribution in [2.75, 3.05) is 11.9 Å². The van der Waals surface area contributed by atoms with Gasteiger partial charge in [-0.25, -0.2) is 4.57 Å². The summed E-state index contributed by atoms with van der Waals surface area (Å²) in [7, 11) is 1.51. The van der Waals surface area contributed by atoms with Crippen LogP contribution in [0, 0.1) is 15.5 Å². The van der Waals surface area contributed by atoms with Crippen LogP contribution in [0.1, 0.15) is 30.8 Å². The number of halogens is 1. The smallest absolute Gasteiger partial charge is 0.323 e. The maximum Gasteiger partial charge on any atom is 0.323 e. The van der Waals surface area contributed by atoms with Crippen LogP contribution >= 0.6 is 15.9 Å². The van der Waals surface area contributed by atoms with Crippen molar-refractivity contribution in [3.05, 3.63) is 27.9 Å². The summed E-state index contributed by atoms with van der Waals surface area (Å²) in [5.41, 5.74) is 0.275. The summed E-state index contributed by atoms with van der Waals surface area (Å²) < 4.78 is 1.28. The quantitative estimate of drug-likeness (QED) is 0.494. The van der Waals surface area contributed by atoms with E-state index in [0.717, 1.165) is 11.8 Å². The highest BCUT2D eigenvalue weighted by atomic mass is 79.9. The second-order valence-corrected chi connectivity index (χ2v) is 5.97. The predicted molar refractivity (Wildman–Crippen MR) is 76.6 cm³/mol. The van der Waals surface area contributed by atoms with Crippen molar-refractivity contribution in [3.8, 4) is 0 Å². The normalized spacial score (nSPS) is 11.4. The third-order valence-corrected chi connectivity index (χ3v) is 3.41. The Labute approximate surface area is 120 Å². The molecule has 0 atom stereocenters. The van der Waals surface area contributed by atoms with Gasteiger partial charge < -0.3 is 15.4 Å². The van der Waals surface area contributed by atoms with Crippen LogP contribution in [0.4, 0.5) is 5.82 Å². The van der Waals surface area contributed by atoms with E-state index >= 15 is 0 Å². The average molecular weight is 332 g/mol. The minimum absolute atomic E-state index is 0.0176. The average Bonchev–Trinajstić information content (AvgIpc) is 2.68. The first kappa shape index (κ1) is 15.7. The van der Waals surface area contributed by atoms with Gasteiger partial charge >= 0.3 is 5.82 Å². The highest BCUT2D eigenvalue weighted by Crippen LogP contribution is 2.20. The Balaban J connectivity index is 2.72. The van der Waals surface area contributed by atoms with Crippen LogP contribution in [0.25, 0.3) is 0 Å². The third-order valence-electron chi connectivity index (χ3n) is 3.01. The zero-order valence-electron chi connectivity index (χ0n) is 11.3. The molecule has 0 saturated heterocycles. The van der Waals surface area contributed by atoms with Gasteiger partial charge in [-0.15, -0.1) is 0 Å². The molecule has 106 valence electrons. The number of hydrogen-bond acceptors (Lipinski definition) is 3. The number of rotatable bonds is 6. The van der Waals surface area contributed by atoms with Crippen LogP contribution in [0.15, 0.2) is 12.1 Å². The summed E-state index contributed by atoms with van der Waals surface area (Å²) in [6.07, 6.45) is 0.931. The SMILES string of the molecule is Cn1c(C(=O)NCC(C)(C)CCBr)ccc1[N+](=O)[O-]. The van der Waals surface area contributed by atoms with Crippen molar-refractivity contribution in [1.29, 1.82) is 0 Å². The second-order valence-electron chi connectivity index (χ2n) is 5.18. The molecule has 1 N–H and O–H groups in total. The summed E-state index contributed by atoms with van der Waals surface area (Å²) >= 11 is 3.38. The van der Waals surface area contributed by atoms with Crippen molar-refractivity contribution >= 4 is 27.7 Å². The highest BCUT2D eigenvalue weighted by Gasteiger charge is 2.23. The molecular weight excluding hydrogens is 314 g/mol. The minimum atomic E-state index is -0.508. The van der Waals surface area contributed by atoms with E-state index in [4.69, 9.17) is 0 Å². The van der Waals surface area contributed by atoms with Gasteiger partial charge in [0.05, 0.1) is 7.05 Å². The molecule has 0 fully saturated rings. The Morgan fingerprint density at radius 1 is 1.53 bits per heavy atom. The van der Waals surface area contributed by atoms with Gasteiger partial charge in [-0.3, -0.25) is 4.79 Å². The van der Waals surface area contributed by atoms with Crippen molar-refractivity contribution in [2.45, 2.75) is 20.3 Å². The van der Waals surface area contributed by atoms with E-state index in [0.29, 0.717) is 12.2 Å². The molecule has 0 spiro atoms. The zero-order chi connectivity index (χ0) is 14.6. The lowest BCUT2D eigenvalue weighted by molar-refractivity contribution is -0.391. The molecule has 0 saturated carbocycles. The Morgan fingerprint density at radius 2 is 2.16 bits per heavy atom. The predicted octanol–water partition coefficient (Wildman–Crippen LogP) is 2.47. The topological polar surface area (TPSA) is 77.2 Å². The van der Waals surface area contributed by atoms with Crippen molar-refractivity contribution < 1.29 is 9.72 Å². The molecular formula is C12H18BrN3O3. The molecule has 1 amide bonds. The minimum Gasteiger partial charge on any atom is -0.358 e. The molecule has 0 aliphatic heterocycles. The number of nitro groups is 1. The Bertz CT molecular complexity index is 483. The van der Waals surface area contributed by atoms with Crippen molar-refractivity contribution in [2.24, 2.45) is 12.5 Å². The van der Waals surface area contributed by atoms with Crippen LogP contribution < -0.4 is 5.32 Å². The first-order valence-corrected chi connectivity index (χ1v) is 7.05. The van der Waals surface area contributed by atoms with Gasteiger partial charge in [0.1, 0.15) is 0 Å². The number of aromatic nitrogens is 1. The zero-order valence-corrected chi connectivity index (χ0v) is 12.9. The van der Waals surface area contributed by atoms with E-state index in [9.17, 15) is 14.9 Å². The molecule has 0 aliphatic carbocycles. The fraction of sp³-hybridized carbons (Fsp3) is 0.583. The highest BCUT2D eigenvalue weighted by molar-refractivity contribution is 9.09. The molecule has 1 rings (SSSR count). The fourth-order valence-electron chi connectivity index (χ4n) is 1.67. The van der Waals surface area contributed by atoms with E-state index < -0.39 is 4.92 Å². The molecule has 0 aliphatic rings. The standard InChI is InChI=1S/C12H18BrN3O3/c1-12(2,6-7-13)8-14-11(17)9-4-5-10(15(9)3)16(18)19/h4-5H,6-8H2,1-3H3,(H,14,17). The lowest BCUT2D eigenvalue weighted by atomic mass is 9.90. The molecule has 6 nitrogen and oxygen atoms in total. The summed E-state index contributed by atoms with van der Waals surface area (Å²) in [6, 6.07) is 2.80. The van der Waals surface area contributed by atoms with Crippen molar-refractivity contribution in [1.82, 2.24) is 9.88 Å². The molecule has 0 aromatic carbocycles. The van der Waals surface area contributed by atoms with E-state index in [1.54, 1.807) is 0 Å². The first-order chi connectivity index (χ1) is 8.78. The Hall–Kier alpha value is -1.37. The van der Waals surface area contributed by atoms with Gasteiger partial charge in [0.15, 0.2) is 5.69 Å². The van der Waals surface area contributed by atoms with Gasteiger partial charge in [-0.1, -0.05) is 29.8 Å². The molecule has 0 unspecified atom stereocenters. The first-order valence-electron chi connectivity index (χ1n) is 5.93. The number of alkyl halides is 1. The van der Waals surface area contributed by atoms with E-state index in [2.05, 4.69) is 35.1 Å². The summed E-state index contributed by atoms with van der Waals surface area (Å²) in [5, 5.41) is 14.4. The van der Waals surface area contributed by atoms with Gasteiger partial charge in [0.25, 0.3) is 5.91 Å². The molecule has 1 aromatic heterocycles. The number of amides is 1. The monoisotopic (exact) mass is 331 g/mol. The summed E-state index contributed by atoms with van der Waals surface area (Å²) in [6.45, 7) is 4.64. The molecule has 1 aromatic rings. The van der Waals surface area contributed by atoms with Gasteiger partial charge in [-0.2, -0.15) is 0 Å². The van der Waals surface area contributed by atoms with Crippen LogP contribution in [-0.4, -0.2) is 27.3 Å². The van der Waals surface area contributed by atoms with Gasteiger partial charge in [0, 0.05) is 17.9 Å². The van der Waals surface area contributed by atoms with Gasteiger partial charge in [0.2, 0.25) is 0 Å². The summed E-state index contributed by atoms with van der Waals surface area (Å²) in [4.78, 5) is 22.2. The number of hydrogen-bond donors (Lipinski definition) is 1. The maximum absolute atomic E-state index is 12.0. The third kappa shape index (κ3) is 4.05. The van der Waals surface area contributed by atoms with Crippen molar-refractivity contribution in [3.63, 3.8) is 0 Å². The molecule has 7 heteroatoms. The van der Waals surface area contributed by atoms with Crippen LogP contribution in [0.2, 0.25) is 0 Å². The number of nitrogens with zero attached hydrogens (tertiary/aromatic N) is 2. The number of nitrogens with one attached hydrogen (secondary N) is 1. The van der Waals surface area contributed by atoms with E-state index in [1.807, 2.05) is 0 Å². The van der Waals surface area contributed by atoms with E-state index in [-0.39, 0.29) is 17.1 Å². The lowest BCUT2D eigenvalue weighted by Crippen LogP contribution is -2.35. The maximum atomic E-state index is 12.0. The second kappa shape index (κ2) is 6.18. The fourth-order valence-corrected chi connectivity index (χ4v) is 2.74. The van der Waals surface area contributed by atoms with Crippen LogP contribution in [0.3, 0.4) is 0 Å². The molecule has 0 radical (unpaired) electrons. The summed E-state index contributed by atoms with van der Waals surface area (Å²) in [5.74, 6) is -0.386. The molecule has 1 heterocycles.